The zero-order valence-corrected chi connectivity index (χ0v) is 15.7. The number of hydrogen-bond donors (Lipinski definition) is 2. The molecule has 0 aliphatic carbocycles. The van der Waals surface area contributed by atoms with Gasteiger partial charge in [0.2, 0.25) is 5.91 Å². The van der Waals surface area contributed by atoms with Gasteiger partial charge in [0.15, 0.2) is 5.82 Å². The van der Waals surface area contributed by atoms with Crippen LogP contribution in [0.3, 0.4) is 0 Å². The first-order chi connectivity index (χ1) is 12.8. The van der Waals surface area contributed by atoms with Gasteiger partial charge in [-0.3, -0.25) is 9.48 Å². The number of rotatable bonds is 6. The molecule has 0 atom stereocenters. The lowest BCUT2D eigenvalue weighted by Crippen LogP contribution is -2.22. The van der Waals surface area contributed by atoms with Crippen molar-refractivity contribution in [1.82, 2.24) is 19.6 Å². The van der Waals surface area contributed by atoms with Gasteiger partial charge in [0.1, 0.15) is 12.2 Å². The van der Waals surface area contributed by atoms with Gasteiger partial charge in [0.25, 0.3) is 0 Å². The quantitative estimate of drug-likeness (QED) is 0.653. The van der Waals surface area contributed by atoms with E-state index in [2.05, 4.69) is 15.5 Å². The maximum Gasteiger partial charge on any atom is 0.354 e. The fourth-order valence-electron chi connectivity index (χ4n) is 2.50. The summed E-state index contributed by atoms with van der Waals surface area (Å²) in [6.07, 6.45) is 1.33. The van der Waals surface area contributed by atoms with Gasteiger partial charge in [-0.2, -0.15) is 10.2 Å². The number of hydrogen-bond acceptors (Lipinski definition) is 4. The first-order valence-electron chi connectivity index (χ1n) is 7.87. The number of aromatic nitrogens is 4. The molecule has 0 aliphatic rings. The molecule has 0 aliphatic heterocycles. The number of amides is 1. The molecule has 27 heavy (non-hydrogen) atoms. The standard InChI is InChI=1S/C17H15Cl2N5O3/c1-10-6-15(21-16(25)9-24-14(17(26)27)4-5-20-24)22-23(10)8-11-2-3-12(18)13(19)7-11/h2-7H,8-9H2,1H3,(H,26,27)(H,21,22,25). The normalized spacial score (nSPS) is 10.8. The third kappa shape index (κ3) is 4.47. The smallest absolute Gasteiger partial charge is 0.354 e. The van der Waals surface area contributed by atoms with Crippen molar-refractivity contribution in [3.63, 3.8) is 0 Å². The summed E-state index contributed by atoms with van der Waals surface area (Å²) in [6.45, 7) is 2.09. The predicted octanol–water partition coefficient (Wildman–Crippen LogP) is 3.08. The number of benzene rings is 1. The lowest BCUT2D eigenvalue weighted by Gasteiger charge is -2.06. The van der Waals surface area contributed by atoms with Gasteiger partial charge >= 0.3 is 5.97 Å². The molecule has 0 fully saturated rings. The van der Waals surface area contributed by atoms with Crippen LogP contribution in [0.25, 0.3) is 0 Å². The number of halogens is 2. The van der Waals surface area contributed by atoms with E-state index < -0.39 is 11.9 Å². The Morgan fingerprint density at radius 3 is 2.63 bits per heavy atom. The molecule has 2 aromatic heterocycles. The first-order valence-corrected chi connectivity index (χ1v) is 8.62. The van der Waals surface area contributed by atoms with Crippen LogP contribution in [0.15, 0.2) is 36.5 Å². The predicted molar refractivity (Wildman–Crippen MR) is 100 cm³/mol. The van der Waals surface area contributed by atoms with E-state index in [-0.39, 0.29) is 12.2 Å². The molecule has 2 N–H and O–H groups in total. The summed E-state index contributed by atoms with van der Waals surface area (Å²) >= 11 is 11.9. The summed E-state index contributed by atoms with van der Waals surface area (Å²) in [5.41, 5.74) is 1.68. The molecule has 3 rings (SSSR count). The van der Waals surface area contributed by atoms with Gasteiger partial charge in [0, 0.05) is 18.0 Å². The minimum atomic E-state index is -1.15. The SMILES string of the molecule is Cc1cc(NC(=O)Cn2nccc2C(=O)O)nn1Cc1ccc(Cl)c(Cl)c1. The molecule has 1 amide bonds. The summed E-state index contributed by atoms with van der Waals surface area (Å²) < 4.78 is 2.82. The van der Waals surface area contributed by atoms with E-state index >= 15 is 0 Å². The summed E-state index contributed by atoms with van der Waals surface area (Å²) in [5, 5.41) is 20.8. The lowest BCUT2D eigenvalue weighted by molar-refractivity contribution is -0.116. The van der Waals surface area contributed by atoms with Crippen molar-refractivity contribution in [3.8, 4) is 0 Å². The molecule has 0 saturated carbocycles. The van der Waals surface area contributed by atoms with Gasteiger partial charge in [-0.25, -0.2) is 9.48 Å². The fraction of sp³-hybridized carbons (Fsp3) is 0.176. The van der Waals surface area contributed by atoms with E-state index in [1.807, 2.05) is 13.0 Å². The zero-order valence-electron chi connectivity index (χ0n) is 14.2. The number of carboxylic acid groups (broad SMARTS) is 1. The van der Waals surface area contributed by atoms with Crippen molar-refractivity contribution in [2.24, 2.45) is 0 Å². The van der Waals surface area contributed by atoms with E-state index in [4.69, 9.17) is 28.3 Å². The largest absolute Gasteiger partial charge is 0.477 e. The van der Waals surface area contributed by atoms with Gasteiger partial charge in [-0.1, -0.05) is 29.3 Å². The van der Waals surface area contributed by atoms with Gasteiger partial charge in [-0.05, 0) is 30.7 Å². The van der Waals surface area contributed by atoms with E-state index in [0.29, 0.717) is 22.4 Å². The highest BCUT2D eigenvalue weighted by Crippen LogP contribution is 2.23. The number of carbonyl (C=O) groups is 2. The van der Waals surface area contributed by atoms with Crippen LogP contribution in [0.4, 0.5) is 5.82 Å². The molecule has 140 valence electrons. The number of nitrogens with one attached hydrogen (secondary N) is 1. The minimum Gasteiger partial charge on any atom is -0.477 e. The molecule has 0 spiro atoms. The number of carboxylic acids is 1. The fourth-order valence-corrected chi connectivity index (χ4v) is 2.82. The second-order valence-corrected chi connectivity index (χ2v) is 6.62. The van der Waals surface area contributed by atoms with Crippen LogP contribution in [0.5, 0.6) is 0 Å². The minimum absolute atomic E-state index is 0.0634. The highest BCUT2D eigenvalue weighted by molar-refractivity contribution is 6.42. The molecule has 0 saturated heterocycles. The van der Waals surface area contributed by atoms with Crippen LogP contribution in [0.1, 0.15) is 21.7 Å². The maximum atomic E-state index is 12.2. The average molecular weight is 408 g/mol. The van der Waals surface area contributed by atoms with Crippen LogP contribution in [0.2, 0.25) is 10.0 Å². The molecular formula is C17H15Cl2N5O3. The summed E-state index contributed by atoms with van der Waals surface area (Å²) in [5.74, 6) is -1.22. The number of aromatic carboxylic acids is 1. The Morgan fingerprint density at radius 2 is 1.93 bits per heavy atom. The molecular weight excluding hydrogens is 393 g/mol. The zero-order chi connectivity index (χ0) is 19.6. The Hall–Kier alpha value is -2.84. The lowest BCUT2D eigenvalue weighted by atomic mass is 10.2. The van der Waals surface area contributed by atoms with E-state index in [1.54, 1.807) is 22.9 Å². The second kappa shape index (κ2) is 7.81. The van der Waals surface area contributed by atoms with Crippen molar-refractivity contribution in [3.05, 3.63) is 63.5 Å². The van der Waals surface area contributed by atoms with Crippen molar-refractivity contribution >= 4 is 40.9 Å². The van der Waals surface area contributed by atoms with Gasteiger partial charge < -0.3 is 10.4 Å². The molecule has 0 bridgehead atoms. The third-order valence-electron chi connectivity index (χ3n) is 3.79. The number of anilines is 1. The van der Waals surface area contributed by atoms with Crippen LogP contribution >= 0.6 is 23.2 Å². The number of aryl methyl sites for hydroxylation is 1. The average Bonchev–Trinajstić information content (AvgIpc) is 3.18. The molecule has 0 unspecified atom stereocenters. The Morgan fingerprint density at radius 1 is 1.15 bits per heavy atom. The number of carbonyl (C=O) groups excluding carboxylic acids is 1. The van der Waals surface area contributed by atoms with E-state index in [9.17, 15) is 9.59 Å². The molecule has 0 radical (unpaired) electrons. The summed E-state index contributed by atoms with van der Waals surface area (Å²) in [4.78, 5) is 23.2. The molecule has 2 heterocycles. The van der Waals surface area contributed by atoms with Gasteiger partial charge in [-0.15, -0.1) is 0 Å². The molecule has 1 aromatic carbocycles. The third-order valence-corrected chi connectivity index (χ3v) is 4.53. The van der Waals surface area contributed by atoms with E-state index in [1.165, 1.54) is 12.3 Å². The first kappa shape index (κ1) is 18.9. The summed E-state index contributed by atoms with van der Waals surface area (Å²) in [6, 6.07) is 8.36. The van der Waals surface area contributed by atoms with Crippen LogP contribution in [-0.4, -0.2) is 36.5 Å². The summed E-state index contributed by atoms with van der Waals surface area (Å²) in [7, 11) is 0. The number of nitrogens with zero attached hydrogens (tertiary/aromatic N) is 4. The molecule has 8 nitrogen and oxygen atoms in total. The van der Waals surface area contributed by atoms with Crippen molar-refractivity contribution in [2.75, 3.05) is 5.32 Å². The topological polar surface area (TPSA) is 102 Å². The van der Waals surface area contributed by atoms with Crippen LogP contribution in [0, 0.1) is 6.92 Å². The molecule has 10 heteroatoms. The van der Waals surface area contributed by atoms with Crippen LogP contribution < -0.4 is 5.32 Å². The highest BCUT2D eigenvalue weighted by Gasteiger charge is 2.14. The van der Waals surface area contributed by atoms with Crippen molar-refractivity contribution in [2.45, 2.75) is 20.0 Å². The Balaban J connectivity index is 1.68. The molecule has 3 aromatic rings. The monoisotopic (exact) mass is 407 g/mol. The Kier molecular flexibility index (Phi) is 5.48. The Labute approximate surface area is 164 Å². The van der Waals surface area contributed by atoms with Crippen molar-refractivity contribution in [1.29, 1.82) is 0 Å². The Bertz CT molecular complexity index is 1010. The van der Waals surface area contributed by atoms with Gasteiger partial charge in [0.05, 0.1) is 16.6 Å². The van der Waals surface area contributed by atoms with Crippen LogP contribution in [-0.2, 0) is 17.9 Å². The second-order valence-electron chi connectivity index (χ2n) is 5.80. The maximum absolute atomic E-state index is 12.2. The highest BCUT2D eigenvalue weighted by atomic mass is 35.5. The van der Waals surface area contributed by atoms with E-state index in [0.717, 1.165) is 15.9 Å². The van der Waals surface area contributed by atoms with Crippen molar-refractivity contribution < 1.29 is 14.7 Å².